The van der Waals surface area contributed by atoms with Gasteiger partial charge in [0.05, 0.1) is 0 Å². The third-order valence-corrected chi connectivity index (χ3v) is 3.81. The van der Waals surface area contributed by atoms with E-state index in [0.717, 1.165) is 18.4 Å². The fraction of sp³-hybridized carbons (Fsp3) is 0.632. The molecule has 0 aliphatic rings. The predicted molar refractivity (Wildman–Crippen MR) is 91.9 cm³/mol. The van der Waals surface area contributed by atoms with Gasteiger partial charge in [-0.15, -0.1) is 0 Å². The topological polar surface area (TPSA) is 29.5 Å². The van der Waals surface area contributed by atoms with Crippen LogP contribution in [-0.2, 0) is 4.74 Å². The van der Waals surface area contributed by atoms with E-state index >= 15 is 0 Å². The zero-order valence-electron chi connectivity index (χ0n) is 14.7. The minimum atomic E-state index is -0.213. The first kappa shape index (κ1) is 18.5. The second-order valence-corrected chi connectivity index (χ2v) is 6.37. The molecule has 0 spiro atoms. The quantitative estimate of drug-likeness (QED) is 0.588. The smallest absolute Gasteiger partial charge is 0.410 e. The van der Waals surface area contributed by atoms with Crippen molar-refractivity contribution in [2.24, 2.45) is 0 Å². The van der Waals surface area contributed by atoms with Gasteiger partial charge < -0.3 is 9.64 Å². The molecule has 0 heterocycles. The second kappa shape index (κ2) is 9.50. The van der Waals surface area contributed by atoms with Crippen LogP contribution in [0.5, 0.6) is 0 Å². The van der Waals surface area contributed by atoms with Crippen LogP contribution in [0.15, 0.2) is 30.3 Å². The van der Waals surface area contributed by atoms with Gasteiger partial charge in [0.2, 0.25) is 0 Å². The number of nitrogens with zero attached hydrogens (tertiary/aromatic N) is 1. The second-order valence-electron chi connectivity index (χ2n) is 6.37. The Morgan fingerprint density at radius 2 is 1.64 bits per heavy atom. The largest absolute Gasteiger partial charge is 0.441 e. The van der Waals surface area contributed by atoms with Gasteiger partial charge in [-0.1, -0.05) is 50.1 Å². The molecular weight excluding hydrogens is 274 g/mol. The number of unbranched alkanes of at least 4 members (excludes halogenated alkanes) is 2. The molecule has 0 N–H and O–H groups in total. The summed E-state index contributed by atoms with van der Waals surface area (Å²) in [6.07, 6.45) is 3.93. The predicted octanol–water partition coefficient (Wildman–Crippen LogP) is 5.56. The molecule has 1 rings (SSSR count). The van der Waals surface area contributed by atoms with Gasteiger partial charge in [-0.2, -0.15) is 0 Å². The van der Waals surface area contributed by atoms with E-state index in [1.807, 2.05) is 58.0 Å². The van der Waals surface area contributed by atoms with Gasteiger partial charge in [0.15, 0.2) is 0 Å². The molecule has 0 bridgehead atoms. The number of carbonyl (C=O) groups is 1. The van der Waals surface area contributed by atoms with Crippen LogP contribution < -0.4 is 0 Å². The number of ether oxygens (including phenoxy) is 1. The van der Waals surface area contributed by atoms with Crippen LogP contribution in [-0.4, -0.2) is 23.1 Å². The molecule has 0 radical (unpaired) electrons. The Hall–Kier alpha value is -1.51. The molecule has 1 aromatic rings. The van der Waals surface area contributed by atoms with Gasteiger partial charge in [0.1, 0.15) is 6.10 Å². The number of amides is 1. The lowest BCUT2D eigenvalue weighted by atomic mass is 10.0. The molecule has 1 aromatic carbocycles. The lowest BCUT2D eigenvalue weighted by Gasteiger charge is -2.31. The van der Waals surface area contributed by atoms with Gasteiger partial charge in [-0.25, -0.2) is 4.79 Å². The van der Waals surface area contributed by atoms with Crippen LogP contribution >= 0.6 is 0 Å². The van der Waals surface area contributed by atoms with Gasteiger partial charge >= 0.3 is 6.09 Å². The van der Waals surface area contributed by atoms with Crippen molar-refractivity contribution in [2.45, 2.75) is 78.5 Å². The molecule has 22 heavy (non-hydrogen) atoms. The fourth-order valence-corrected chi connectivity index (χ4v) is 2.74. The van der Waals surface area contributed by atoms with E-state index < -0.39 is 0 Å². The van der Waals surface area contributed by atoms with Crippen molar-refractivity contribution in [3.63, 3.8) is 0 Å². The lowest BCUT2D eigenvalue weighted by molar-refractivity contribution is 0.0405. The zero-order valence-corrected chi connectivity index (χ0v) is 14.7. The van der Waals surface area contributed by atoms with Crippen molar-refractivity contribution >= 4 is 6.09 Å². The molecule has 0 aromatic heterocycles. The Morgan fingerprint density at radius 3 is 2.14 bits per heavy atom. The summed E-state index contributed by atoms with van der Waals surface area (Å²) in [4.78, 5) is 14.3. The van der Waals surface area contributed by atoms with E-state index in [1.165, 1.54) is 12.8 Å². The summed E-state index contributed by atoms with van der Waals surface area (Å²) in [5.41, 5.74) is 1.08. The van der Waals surface area contributed by atoms with Crippen molar-refractivity contribution in [1.82, 2.24) is 4.90 Å². The lowest BCUT2D eigenvalue weighted by Crippen LogP contribution is -2.42. The molecule has 3 nitrogen and oxygen atoms in total. The highest BCUT2D eigenvalue weighted by atomic mass is 16.6. The molecule has 0 fully saturated rings. The molecule has 1 amide bonds. The number of carbonyl (C=O) groups excluding carboxylic acids is 1. The Morgan fingerprint density at radius 1 is 1.05 bits per heavy atom. The number of benzene rings is 1. The molecule has 0 unspecified atom stereocenters. The maximum absolute atomic E-state index is 12.5. The van der Waals surface area contributed by atoms with Crippen molar-refractivity contribution in [3.05, 3.63) is 35.9 Å². The maximum atomic E-state index is 12.5. The van der Waals surface area contributed by atoms with Crippen LogP contribution in [0.4, 0.5) is 4.79 Å². The molecule has 1 atom stereocenters. The SMILES string of the molecule is CCCCC[C@H](OC(=O)N(C(C)C)C(C)C)c1ccccc1. The Kier molecular flexibility index (Phi) is 8.00. The number of hydrogen-bond donors (Lipinski definition) is 0. The zero-order chi connectivity index (χ0) is 16.5. The number of hydrogen-bond acceptors (Lipinski definition) is 2. The van der Waals surface area contributed by atoms with Crippen LogP contribution in [0.1, 0.15) is 72.0 Å². The van der Waals surface area contributed by atoms with E-state index in [9.17, 15) is 4.79 Å². The summed E-state index contributed by atoms with van der Waals surface area (Å²) in [6, 6.07) is 10.3. The van der Waals surface area contributed by atoms with Crippen molar-refractivity contribution in [1.29, 1.82) is 0 Å². The van der Waals surface area contributed by atoms with Crippen LogP contribution in [0.3, 0.4) is 0 Å². The van der Waals surface area contributed by atoms with E-state index in [2.05, 4.69) is 6.92 Å². The first-order valence-corrected chi connectivity index (χ1v) is 8.51. The molecule has 0 aliphatic carbocycles. The van der Waals surface area contributed by atoms with Crippen molar-refractivity contribution < 1.29 is 9.53 Å². The summed E-state index contributed by atoms with van der Waals surface area (Å²) in [6.45, 7) is 10.3. The van der Waals surface area contributed by atoms with E-state index in [-0.39, 0.29) is 24.3 Å². The monoisotopic (exact) mass is 305 g/mol. The van der Waals surface area contributed by atoms with Gasteiger partial charge in [0, 0.05) is 12.1 Å². The Balaban J connectivity index is 2.81. The van der Waals surface area contributed by atoms with E-state index in [0.29, 0.717) is 0 Å². The van der Waals surface area contributed by atoms with Gasteiger partial charge in [-0.3, -0.25) is 0 Å². The van der Waals surface area contributed by atoms with Crippen LogP contribution in [0.25, 0.3) is 0 Å². The van der Waals surface area contributed by atoms with Crippen molar-refractivity contribution in [2.75, 3.05) is 0 Å². The summed E-state index contributed by atoms with van der Waals surface area (Å²) in [5, 5.41) is 0. The minimum absolute atomic E-state index is 0.138. The highest BCUT2D eigenvalue weighted by molar-refractivity contribution is 5.68. The third-order valence-electron chi connectivity index (χ3n) is 3.81. The maximum Gasteiger partial charge on any atom is 0.410 e. The molecule has 0 saturated heterocycles. The van der Waals surface area contributed by atoms with E-state index in [4.69, 9.17) is 4.74 Å². The van der Waals surface area contributed by atoms with E-state index in [1.54, 1.807) is 4.90 Å². The van der Waals surface area contributed by atoms with Gasteiger partial charge in [0.25, 0.3) is 0 Å². The Labute approximate surface area is 135 Å². The third kappa shape index (κ3) is 5.70. The van der Waals surface area contributed by atoms with Crippen molar-refractivity contribution in [3.8, 4) is 0 Å². The highest BCUT2D eigenvalue weighted by Gasteiger charge is 2.25. The number of rotatable bonds is 8. The summed E-state index contributed by atoms with van der Waals surface area (Å²) in [7, 11) is 0. The minimum Gasteiger partial charge on any atom is -0.441 e. The summed E-state index contributed by atoms with van der Waals surface area (Å²) >= 11 is 0. The average molecular weight is 305 g/mol. The summed E-state index contributed by atoms with van der Waals surface area (Å²) in [5.74, 6) is 0. The normalized spacial score (nSPS) is 12.5. The average Bonchev–Trinajstić information content (AvgIpc) is 2.46. The molecule has 0 saturated carbocycles. The van der Waals surface area contributed by atoms with Crippen LogP contribution in [0.2, 0.25) is 0 Å². The molecule has 3 heteroatoms. The standard InChI is InChI=1S/C19H31NO2/c1-6-7-9-14-18(17-12-10-8-11-13-17)22-19(21)20(15(2)3)16(4)5/h8,10-13,15-16,18H,6-7,9,14H2,1-5H3/t18-/m0/s1. The highest BCUT2D eigenvalue weighted by Crippen LogP contribution is 2.25. The molecular formula is C19H31NO2. The first-order valence-electron chi connectivity index (χ1n) is 8.51. The first-order chi connectivity index (χ1) is 10.5. The Bertz CT molecular complexity index is 420. The summed E-state index contributed by atoms with van der Waals surface area (Å²) < 4.78 is 5.85. The fourth-order valence-electron chi connectivity index (χ4n) is 2.74. The van der Waals surface area contributed by atoms with Gasteiger partial charge in [-0.05, 0) is 46.1 Å². The van der Waals surface area contributed by atoms with Crippen LogP contribution in [0, 0.1) is 0 Å². The molecule has 124 valence electrons. The molecule has 0 aliphatic heterocycles.